The Bertz CT molecular complexity index is 1040. The molecule has 1 atom stereocenters. The zero-order valence-corrected chi connectivity index (χ0v) is 17.4. The summed E-state index contributed by atoms with van der Waals surface area (Å²) in [5.41, 5.74) is 5.79. The fourth-order valence-corrected chi connectivity index (χ4v) is 3.93. The number of hydrazone groups is 1. The van der Waals surface area contributed by atoms with Gasteiger partial charge < -0.3 is 5.73 Å². The fourth-order valence-electron chi connectivity index (χ4n) is 3.18. The lowest BCUT2D eigenvalue weighted by Crippen LogP contribution is -2.43. The van der Waals surface area contributed by atoms with Crippen molar-refractivity contribution >= 4 is 52.8 Å². The van der Waals surface area contributed by atoms with E-state index in [1.165, 1.54) is 30.5 Å². The molecule has 0 aromatic heterocycles. The second kappa shape index (κ2) is 8.45. The number of benzene rings is 2. The van der Waals surface area contributed by atoms with Gasteiger partial charge in [-0.2, -0.15) is 18.3 Å². The summed E-state index contributed by atoms with van der Waals surface area (Å²) >= 11 is 18.1. The molecule has 0 aliphatic carbocycles. The van der Waals surface area contributed by atoms with Gasteiger partial charge in [0.1, 0.15) is 5.41 Å². The van der Waals surface area contributed by atoms with E-state index >= 15 is 0 Å². The Morgan fingerprint density at radius 1 is 1.17 bits per heavy atom. The molecule has 1 aliphatic heterocycles. The van der Waals surface area contributed by atoms with E-state index in [-0.39, 0.29) is 32.8 Å². The van der Waals surface area contributed by atoms with E-state index in [9.17, 15) is 18.0 Å². The van der Waals surface area contributed by atoms with E-state index in [0.29, 0.717) is 11.1 Å². The topological polar surface area (TPSA) is 79.8 Å². The molecule has 0 bridgehead atoms. The standard InChI is InChI=1S/C19H14Cl3F3N4O/c20-13-4-12(5-14(21)6-13)18(19(23,24)25)7-16(27-9-18)10-1-2-11(15(22)3-10)8-28-29-17(26)30/h1-6,8H,7,9H2,(H3,26,29,30)/b28-8+. The first kappa shape index (κ1) is 22.4. The number of rotatable bonds is 4. The van der Waals surface area contributed by atoms with Crippen LogP contribution in [0.1, 0.15) is 23.1 Å². The van der Waals surface area contributed by atoms with Crippen molar-refractivity contribution in [3.63, 3.8) is 0 Å². The molecule has 0 fully saturated rings. The summed E-state index contributed by atoms with van der Waals surface area (Å²) in [6.45, 7) is -0.494. The lowest BCUT2D eigenvalue weighted by molar-refractivity contribution is -0.183. The van der Waals surface area contributed by atoms with Gasteiger partial charge in [0.2, 0.25) is 0 Å². The van der Waals surface area contributed by atoms with E-state index in [1.54, 1.807) is 12.1 Å². The second-order valence-electron chi connectivity index (χ2n) is 6.65. The summed E-state index contributed by atoms with van der Waals surface area (Å²) in [7, 11) is 0. The number of aliphatic imine (C=N–C) groups is 1. The zero-order chi connectivity index (χ0) is 22.1. The smallest absolute Gasteiger partial charge is 0.350 e. The number of nitrogens with zero attached hydrogens (tertiary/aromatic N) is 2. The SMILES string of the molecule is NC(=O)N/N=C/c1ccc(C2=NCC(c3cc(Cl)cc(Cl)c3)(C(F)(F)F)C2)cc1Cl. The zero-order valence-electron chi connectivity index (χ0n) is 15.1. The molecule has 11 heteroatoms. The first-order chi connectivity index (χ1) is 14.0. The summed E-state index contributed by atoms with van der Waals surface area (Å²) in [5.74, 6) is 0. The van der Waals surface area contributed by atoms with E-state index < -0.39 is 24.2 Å². The Hall–Kier alpha value is -2.29. The molecule has 3 rings (SSSR count). The molecule has 0 spiro atoms. The van der Waals surface area contributed by atoms with E-state index in [1.807, 2.05) is 5.43 Å². The summed E-state index contributed by atoms with van der Waals surface area (Å²) in [5, 5.41) is 4.06. The van der Waals surface area contributed by atoms with Crippen LogP contribution >= 0.6 is 34.8 Å². The first-order valence-electron chi connectivity index (χ1n) is 8.47. The molecule has 2 amide bonds. The van der Waals surface area contributed by atoms with Gasteiger partial charge in [-0.15, -0.1) is 0 Å². The molecule has 2 aromatic rings. The number of nitrogens with one attached hydrogen (secondary N) is 1. The number of urea groups is 1. The number of primary amides is 1. The van der Waals surface area contributed by atoms with E-state index in [0.717, 1.165) is 0 Å². The number of amides is 2. The Kier molecular flexibility index (Phi) is 6.31. The minimum atomic E-state index is -4.58. The van der Waals surface area contributed by atoms with Gasteiger partial charge in [0.05, 0.1) is 17.8 Å². The van der Waals surface area contributed by atoms with Gasteiger partial charge in [0.15, 0.2) is 0 Å². The third-order valence-electron chi connectivity index (χ3n) is 4.68. The van der Waals surface area contributed by atoms with Crippen molar-refractivity contribution < 1.29 is 18.0 Å². The number of alkyl halides is 3. The molecule has 0 radical (unpaired) electrons. The first-order valence-corrected chi connectivity index (χ1v) is 9.60. The minimum Gasteiger partial charge on any atom is -0.350 e. The molecule has 1 aliphatic rings. The van der Waals surface area contributed by atoms with Crippen molar-refractivity contribution in [1.29, 1.82) is 0 Å². The number of hydrogen-bond donors (Lipinski definition) is 2. The maximum Gasteiger partial charge on any atom is 0.400 e. The minimum absolute atomic E-state index is 0.0429. The third-order valence-corrected chi connectivity index (χ3v) is 5.44. The van der Waals surface area contributed by atoms with E-state index in [4.69, 9.17) is 40.5 Å². The molecule has 1 unspecified atom stereocenters. The van der Waals surface area contributed by atoms with Crippen molar-refractivity contribution in [3.8, 4) is 0 Å². The molecule has 0 saturated carbocycles. The van der Waals surface area contributed by atoms with Crippen LogP contribution in [-0.4, -0.2) is 30.7 Å². The summed E-state index contributed by atoms with van der Waals surface area (Å²) < 4.78 is 42.5. The quantitative estimate of drug-likeness (QED) is 0.452. The van der Waals surface area contributed by atoms with Crippen LogP contribution in [0.15, 0.2) is 46.5 Å². The van der Waals surface area contributed by atoms with Crippen LogP contribution in [-0.2, 0) is 5.41 Å². The molecule has 1 heterocycles. The lowest BCUT2D eigenvalue weighted by atomic mass is 9.76. The van der Waals surface area contributed by atoms with Crippen molar-refractivity contribution in [2.75, 3.05) is 6.54 Å². The predicted molar refractivity (Wildman–Crippen MR) is 112 cm³/mol. The van der Waals surface area contributed by atoms with Crippen LogP contribution in [0.3, 0.4) is 0 Å². The largest absolute Gasteiger partial charge is 0.400 e. The van der Waals surface area contributed by atoms with Gasteiger partial charge in [-0.3, -0.25) is 4.99 Å². The van der Waals surface area contributed by atoms with E-state index in [2.05, 4.69) is 10.1 Å². The average Bonchev–Trinajstić information content (AvgIpc) is 3.09. The number of carbonyl (C=O) groups excluding carboxylic acids is 1. The van der Waals surface area contributed by atoms with Crippen LogP contribution in [0, 0.1) is 0 Å². The van der Waals surface area contributed by atoms with Crippen LogP contribution in [0.5, 0.6) is 0 Å². The lowest BCUT2D eigenvalue weighted by Gasteiger charge is -2.31. The molecule has 30 heavy (non-hydrogen) atoms. The number of nitrogens with two attached hydrogens (primary N) is 1. The van der Waals surface area contributed by atoms with Gasteiger partial charge in [0.25, 0.3) is 0 Å². The van der Waals surface area contributed by atoms with Gasteiger partial charge in [-0.25, -0.2) is 10.2 Å². The predicted octanol–water partition coefficient (Wildman–Crippen LogP) is 5.34. The Labute approximate surface area is 184 Å². The molecule has 3 N–H and O–H groups in total. The normalized spacial score (nSPS) is 19.2. The van der Waals surface area contributed by atoms with Crippen molar-refractivity contribution in [3.05, 3.63) is 68.2 Å². The summed E-state index contributed by atoms with van der Waals surface area (Å²) in [6.07, 6.45) is -3.70. The summed E-state index contributed by atoms with van der Waals surface area (Å²) in [4.78, 5) is 14.8. The van der Waals surface area contributed by atoms with Gasteiger partial charge in [-0.05, 0) is 35.4 Å². The molecular weight excluding hydrogens is 464 g/mol. The molecule has 158 valence electrons. The maximum absolute atomic E-state index is 14.2. The Morgan fingerprint density at radius 2 is 1.83 bits per heavy atom. The van der Waals surface area contributed by atoms with Crippen molar-refractivity contribution in [2.45, 2.75) is 18.0 Å². The van der Waals surface area contributed by atoms with Crippen molar-refractivity contribution in [2.24, 2.45) is 15.8 Å². The number of carbonyl (C=O) groups is 1. The number of hydrogen-bond acceptors (Lipinski definition) is 3. The Morgan fingerprint density at radius 3 is 2.40 bits per heavy atom. The fraction of sp³-hybridized carbons (Fsp3) is 0.211. The van der Waals surface area contributed by atoms with Gasteiger partial charge in [0, 0.05) is 27.7 Å². The summed E-state index contributed by atoms with van der Waals surface area (Å²) in [6, 6.07) is 7.67. The molecular formula is C19H14Cl3F3N4O. The highest BCUT2D eigenvalue weighted by atomic mass is 35.5. The van der Waals surface area contributed by atoms with Crippen LogP contribution in [0.4, 0.5) is 18.0 Å². The molecule has 2 aromatic carbocycles. The molecule has 0 saturated heterocycles. The molecule has 5 nitrogen and oxygen atoms in total. The van der Waals surface area contributed by atoms with Gasteiger partial charge in [-0.1, -0.05) is 46.9 Å². The number of halogens is 6. The monoisotopic (exact) mass is 476 g/mol. The second-order valence-corrected chi connectivity index (χ2v) is 7.93. The van der Waals surface area contributed by atoms with Crippen molar-refractivity contribution in [1.82, 2.24) is 5.43 Å². The Balaban J connectivity index is 1.92. The third kappa shape index (κ3) is 4.55. The van der Waals surface area contributed by atoms with Crippen LogP contribution < -0.4 is 11.2 Å². The average molecular weight is 478 g/mol. The van der Waals surface area contributed by atoms with Crippen LogP contribution in [0.25, 0.3) is 0 Å². The highest BCUT2D eigenvalue weighted by Gasteiger charge is 2.58. The van der Waals surface area contributed by atoms with Gasteiger partial charge >= 0.3 is 12.2 Å². The highest BCUT2D eigenvalue weighted by molar-refractivity contribution is 6.35. The highest BCUT2D eigenvalue weighted by Crippen LogP contribution is 2.48. The maximum atomic E-state index is 14.2. The van der Waals surface area contributed by atoms with Crippen LogP contribution in [0.2, 0.25) is 15.1 Å².